The highest BCUT2D eigenvalue weighted by Gasteiger charge is 2.21. The Morgan fingerprint density at radius 2 is 1.86 bits per heavy atom. The summed E-state index contributed by atoms with van der Waals surface area (Å²) in [6.07, 6.45) is 3.30. The molecule has 1 atom stereocenters. The number of aliphatic hydroxyl groups is 1. The van der Waals surface area contributed by atoms with Crippen molar-refractivity contribution < 1.29 is 5.11 Å². The smallest absolute Gasteiger partial charge is 0.0586 e. The maximum atomic E-state index is 9.39. The fraction of sp³-hybridized carbons (Fsp3) is 0.556. The molecule has 1 aliphatic heterocycles. The van der Waals surface area contributed by atoms with Crippen LogP contribution in [0.5, 0.6) is 0 Å². The van der Waals surface area contributed by atoms with E-state index in [1.165, 1.54) is 11.1 Å². The molecule has 1 aliphatic rings. The van der Waals surface area contributed by atoms with Crippen molar-refractivity contribution >= 4 is 6.08 Å². The summed E-state index contributed by atoms with van der Waals surface area (Å²) in [6, 6.07) is 10.9. The second-order valence-corrected chi connectivity index (χ2v) is 5.96. The molecule has 1 heterocycles. The molecule has 2 rings (SSSR count). The van der Waals surface area contributed by atoms with Crippen LogP contribution in [0.1, 0.15) is 25.8 Å². The van der Waals surface area contributed by atoms with Crippen molar-refractivity contribution in [1.82, 2.24) is 9.80 Å². The highest BCUT2D eigenvalue weighted by atomic mass is 16.3. The molecule has 116 valence electrons. The van der Waals surface area contributed by atoms with Gasteiger partial charge in [-0.15, -0.1) is 0 Å². The van der Waals surface area contributed by atoms with Crippen LogP contribution in [0.2, 0.25) is 0 Å². The third-order valence-electron chi connectivity index (χ3n) is 4.29. The molecule has 1 N–H and O–H groups in total. The second-order valence-electron chi connectivity index (χ2n) is 5.96. The van der Waals surface area contributed by atoms with E-state index in [-0.39, 0.29) is 6.61 Å². The normalized spacial score (nSPS) is 19.7. The Labute approximate surface area is 128 Å². The largest absolute Gasteiger partial charge is 0.395 e. The molecule has 0 amide bonds. The lowest BCUT2D eigenvalue weighted by molar-refractivity contribution is 0.0672. The summed E-state index contributed by atoms with van der Waals surface area (Å²) in [5.41, 5.74) is 2.68. The first-order valence-electron chi connectivity index (χ1n) is 8.02. The number of aliphatic hydroxyl groups excluding tert-OH is 1. The fourth-order valence-electron chi connectivity index (χ4n) is 3.02. The van der Waals surface area contributed by atoms with Crippen molar-refractivity contribution in [2.45, 2.75) is 26.3 Å². The van der Waals surface area contributed by atoms with Gasteiger partial charge in [0, 0.05) is 38.8 Å². The summed E-state index contributed by atoms with van der Waals surface area (Å²) in [6.45, 7) is 10.0. The van der Waals surface area contributed by atoms with Crippen LogP contribution < -0.4 is 0 Å². The highest BCUT2D eigenvalue weighted by Crippen LogP contribution is 2.12. The van der Waals surface area contributed by atoms with Crippen LogP contribution in [0.15, 0.2) is 35.9 Å². The molecule has 1 aromatic carbocycles. The molecule has 0 spiro atoms. The average Bonchev–Trinajstić information content (AvgIpc) is 2.51. The SMILES string of the molecule is CC[C@@H](CO)N1CCN(C/C(C)=C/c2ccccc2)CC1. The number of nitrogens with zero attached hydrogens (tertiary/aromatic N) is 2. The second kappa shape index (κ2) is 8.32. The van der Waals surface area contributed by atoms with Crippen molar-refractivity contribution in [2.75, 3.05) is 39.3 Å². The lowest BCUT2D eigenvalue weighted by Gasteiger charge is -2.38. The van der Waals surface area contributed by atoms with E-state index in [1.807, 2.05) is 0 Å². The Kier molecular flexibility index (Phi) is 6.43. The number of hydrogen-bond donors (Lipinski definition) is 1. The van der Waals surface area contributed by atoms with Gasteiger partial charge in [0.2, 0.25) is 0 Å². The topological polar surface area (TPSA) is 26.7 Å². The monoisotopic (exact) mass is 288 g/mol. The van der Waals surface area contributed by atoms with E-state index in [0.717, 1.165) is 39.1 Å². The van der Waals surface area contributed by atoms with Crippen molar-refractivity contribution in [3.8, 4) is 0 Å². The average molecular weight is 288 g/mol. The van der Waals surface area contributed by atoms with Gasteiger partial charge in [-0.1, -0.05) is 48.9 Å². The summed E-state index contributed by atoms with van der Waals surface area (Å²) in [7, 11) is 0. The van der Waals surface area contributed by atoms with Gasteiger partial charge in [-0.3, -0.25) is 9.80 Å². The summed E-state index contributed by atoms with van der Waals surface area (Å²) in [5, 5.41) is 9.39. The molecule has 0 bridgehead atoms. The molecule has 3 heteroatoms. The molecule has 21 heavy (non-hydrogen) atoms. The number of piperazine rings is 1. The van der Waals surface area contributed by atoms with Crippen molar-refractivity contribution in [2.24, 2.45) is 0 Å². The van der Waals surface area contributed by atoms with Crippen molar-refractivity contribution in [3.63, 3.8) is 0 Å². The van der Waals surface area contributed by atoms with Gasteiger partial charge in [-0.2, -0.15) is 0 Å². The van der Waals surface area contributed by atoms with Gasteiger partial charge < -0.3 is 5.11 Å². The molecule has 0 saturated carbocycles. The van der Waals surface area contributed by atoms with Crippen LogP contribution in [-0.2, 0) is 0 Å². The van der Waals surface area contributed by atoms with Crippen molar-refractivity contribution in [3.05, 3.63) is 41.5 Å². The maximum Gasteiger partial charge on any atom is 0.0586 e. The Morgan fingerprint density at radius 1 is 1.19 bits per heavy atom. The van der Waals surface area contributed by atoms with Crippen LogP contribution >= 0.6 is 0 Å². The molecular formula is C18H28N2O. The van der Waals surface area contributed by atoms with Gasteiger partial charge in [0.25, 0.3) is 0 Å². The molecule has 0 radical (unpaired) electrons. The standard InChI is InChI=1S/C18H28N2O/c1-3-18(15-21)20-11-9-19(10-12-20)14-16(2)13-17-7-5-4-6-8-17/h4-8,13,18,21H,3,9-12,14-15H2,1-2H3/b16-13+/t18-/m0/s1. The predicted octanol–water partition coefficient (Wildman–Crippen LogP) is 2.48. The van der Waals surface area contributed by atoms with E-state index >= 15 is 0 Å². The number of benzene rings is 1. The van der Waals surface area contributed by atoms with Gasteiger partial charge in [-0.05, 0) is 18.9 Å². The first-order valence-corrected chi connectivity index (χ1v) is 8.02. The quantitative estimate of drug-likeness (QED) is 0.871. The van der Waals surface area contributed by atoms with E-state index in [1.54, 1.807) is 0 Å². The molecule has 3 nitrogen and oxygen atoms in total. The Balaban J connectivity index is 1.82. The Morgan fingerprint density at radius 3 is 2.43 bits per heavy atom. The van der Waals surface area contributed by atoms with E-state index in [4.69, 9.17) is 0 Å². The fourth-order valence-corrected chi connectivity index (χ4v) is 3.02. The molecule has 0 unspecified atom stereocenters. The van der Waals surface area contributed by atoms with Crippen LogP contribution in [0.25, 0.3) is 6.08 Å². The molecule has 1 aromatic rings. The van der Waals surface area contributed by atoms with E-state index in [9.17, 15) is 5.11 Å². The minimum Gasteiger partial charge on any atom is -0.395 e. The number of hydrogen-bond acceptors (Lipinski definition) is 3. The summed E-state index contributed by atoms with van der Waals surface area (Å²) in [4.78, 5) is 4.93. The lowest BCUT2D eigenvalue weighted by Crippen LogP contribution is -2.51. The third kappa shape index (κ3) is 4.95. The Hall–Kier alpha value is -1.16. The van der Waals surface area contributed by atoms with Gasteiger partial charge in [-0.25, -0.2) is 0 Å². The zero-order valence-electron chi connectivity index (χ0n) is 13.3. The predicted molar refractivity (Wildman–Crippen MR) is 89.3 cm³/mol. The molecule has 0 aliphatic carbocycles. The first kappa shape index (κ1) is 16.2. The van der Waals surface area contributed by atoms with Crippen molar-refractivity contribution in [1.29, 1.82) is 0 Å². The first-order chi connectivity index (χ1) is 10.2. The van der Waals surface area contributed by atoms with Crippen LogP contribution in [0, 0.1) is 0 Å². The summed E-state index contributed by atoms with van der Waals surface area (Å²) >= 11 is 0. The Bertz CT molecular complexity index is 432. The zero-order valence-corrected chi connectivity index (χ0v) is 13.3. The van der Waals surface area contributed by atoms with Crippen LogP contribution in [0.4, 0.5) is 0 Å². The van der Waals surface area contributed by atoms with Gasteiger partial charge in [0.15, 0.2) is 0 Å². The molecular weight excluding hydrogens is 260 g/mol. The van der Waals surface area contributed by atoms with E-state index < -0.39 is 0 Å². The lowest BCUT2D eigenvalue weighted by atomic mass is 10.1. The van der Waals surface area contributed by atoms with Gasteiger partial charge in [0.1, 0.15) is 0 Å². The molecule has 1 saturated heterocycles. The zero-order chi connectivity index (χ0) is 15.1. The van der Waals surface area contributed by atoms with Crippen LogP contribution in [0.3, 0.4) is 0 Å². The minimum atomic E-state index is 0.281. The van der Waals surface area contributed by atoms with E-state index in [0.29, 0.717) is 6.04 Å². The summed E-state index contributed by atoms with van der Waals surface area (Å²) < 4.78 is 0. The van der Waals surface area contributed by atoms with Crippen LogP contribution in [-0.4, -0.2) is 60.3 Å². The van der Waals surface area contributed by atoms with E-state index in [2.05, 4.69) is 60.1 Å². The molecule has 0 aromatic heterocycles. The number of rotatable bonds is 6. The molecule has 1 fully saturated rings. The highest BCUT2D eigenvalue weighted by molar-refractivity contribution is 5.52. The minimum absolute atomic E-state index is 0.281. The summed E-state index contributed by atoms with van der Waals surface area (Å²) in [5.74, 6) is 0. The van der Waals surface area contributed by atoms with Gasteiger partial charge >= 0.3 is 0 Å². The van der Waals surface area contributed by atoms with Gasteiger partial charge in [0.05, 0.1) is 6.61 Å². The third-order valence-corrected chi connectivity index (χ3v) is 4.29. The maximum absolute atomic E-state index is 9.39.